The van der Waals surface area contributed by atoms with E-state index in [1.54, 1.807) is 4.90 Å². The van der Waals surface area contributed by atoms with Crippen LogP contribution < -0.4 is 5.32 Å². The number of urea groups is 1. The molecule has 2 saturated heterocycles. The van der Waals surface area contributed by atoms with Crippen molar-refractivity contribution in [1.29, 1.82) is 0 Å². The number of carbonyl (C=O) groups excluding carboxylic acids is 1. The lowest BCUT2D eigenvalue weighted by molar-refractivity contribution is -0.147. The number of rotatable bonds is 6. The van der Waals surface area contributed by atoms with Crippen LogP contribution in [0.5, 0.6) is 0 Å². The minimum atomic E-state index is -3.06. The van der Waals surface area contributed by atoms with Gasteiger partial charge in [-0.25, -0.2) is 13.2 Å². The Bertz CT molecular complexity index is 487. The largest absolute Gasteiger partial charge is 0.348 e. The number of sulfone groups is 1. The molecule has 0 aliphatic carbocycles. The number of hydrogen-bond donors (Lipinski definition) is 1. The zero-order valence-corrected chi connectivity index (χ0v) is 14.2. The van der Waals surface area contributed by atoms with E-state index in [4.69, 9.17) is 9.47 Å². The molecule has 8 heteroatoms. The molecule has 2 aliphatic heterocycles. The zero-order chi connectivity index (χ0) is 16.2. The molecular weight excluding hydrogens is 308 g/mol. The van der Waals surface area contributed by atoms with Crippen LogP contribution in [-0.2, 0) is 19.3 Å². The van der Waals surface area contributed by atoms with Gasteiger partial charge in [-0.05, 0) is 26.2 Å². The molecule has 2 rings (SSSR count). The van der Waals surface area contributed by atoms with Crippen LogP contribution in [0.2, 0.25) is 0 Å². The molecule has 7 nitrogen and oxygen atoms in total. The highest BCUT2D eigenvalue weighted by atomic mass is 32.2. The summed E-state index contributed by atoms with van der Waals surface area (Å²) in [6, 6.07) is -0.175. The highest BCUT2D eigenvalue weighted by Gasteiger charge is 2.32. The van der Waals surface area contributed by atoms with Gasteiger partial charge in [-0.15, -0.1) is 0 Å². The molecule has 0 spiro atoms. The van der Waals surface area contributed by atoms with Crippen LogP contribution in [-0.4, -0.2) is 69.5 Å². The van der Waals surface area contributed by atoms with Crippen molar-refractivity contribution in [1.82, 2.24) is 10.2 Å². The number of carbonyl (C=O) groups is 1. The molecule has 0 aromatic heterocycles. The summed E-state index contributed by atoms with van der Waals surface area (Å²) >= 11 is 0. The van der Waals surface area contributed by atoms with Crippen LogP contribution in [0.1, 0.15) is 32.6 Å². The lowest BCUT2D eigenvalue weighted by Crippen LogP contribution is -2.40. The lowest BCUT2D eigenvalue weighted by Gasteiger charge is -2.22. The number of nitrogens with zero attached hydrogens (tertiary/aromatic N) is 1. The molecule has 2 amide bonds. The molecule has 1 N–H and O–H groups in total. The first-order chi connectivity index (χ1) is 10.3. The van der Waals surface area contributed by atoms with Crippen molar-refractivity contribution in [3.8, 4) is 0 Å². The fourth-order valence-electron chi connectivity index (χ4n) is 2.84. The Labute approximate surface area is 132 Å². The third-order valence-electron chi connectivity index (χ3n) is 4.27. The highest BCUT2D eigenvalue weighted by molar-refractivity contribution is 7.91. The van der Waals surface area contributed by atoms with Crippen LogP contribution in [0.3, 0.4) is 0 Å². The second-order valence-corrected chi connectivity index (χ2v) is 8.53. The second kappa shape index (κ2) is 7.14. The molecule has 128 valence electrons. The smallest absolute Gasteiger partial charge is 0.317 e. The van der Waals surface area contributed by atoms with Crippen molar-refractivity contribution in [3.63, 3.8) is 0 Å². The van der Waals surface area contributed by atoms with Crippen molar-refractivity contribution in [3.05, 3.63) is 0 Å². The molecule has 1 atom stereocenters. The van der Waals surface area contributed by atoms with Crippen molar-refractivity contribution in [2.24, 2.45) is 0 Å². The van der Waals surface area contributed by atoms with Gasteiger partial charge in [0.15, 0.2) is 15.6 Å². The summed E-state index contributed by atoms with van der Waals surface area (Å²) < 4.78 is 34.0. The van der Waals surface area contributed by atoms with E-state index in [1.165, 1.54) is 6.26 Å². The van der Waals surface area contributed by atoms with Gasteiger partial charge in [0.2, 0.25) is 0 Å². The predicted molar refractivity (Wildman–Crippen MR) is 82.4 cm³/mol. The number of hydrogen-bond acceptors (Lipinski definition) is 5. The molecule has 2 aliphatic rings. The van der Waals surface area contributed by atoms with Gasteiger partial charge in [-0.1, -0.05) is 0 Å². The standard InChI is InChI=1S/C14H26N2O5S/c1-14(20-9-10-21-14)6-3-4-7-15-13(17)16-8-5-12(11-16)22(2,18)19/h12H,3-11H2,1-2H3,(H,15,17)/t12-/m0/s1. The third-order valence-corrected chi connectivity index (χ3v) is 5.87. The first-order valence-electron chi connectivity index (χ1n) is 7.80. The van der Waals surface area contributed by atoms with Gasteiger partial charge >= 0.3 is 6.03 Å². The van der Waals surface area contributed by atoms with E-state index in [0.717, 1.165) is 19.3 Å². The van der Waals surface area contributed by atoms with E-state index in [2.05, 4.69) is 5.32 Å². The van der Waals surface area contributed by atoms with Crippen molar-refractivity contribution in [2.45, 2.75) is 43.6 Å². The van der Waals surface area contributed by atoms with Gasteiger partial charge < -0.3 is 19.7 Å². The van der Waals surface area contributed by atoms with E-state index >= 15 is 0 Å². The molecular formula is C14H26N2O5S. The van der Waals surface area contributed by atoms with Crippen molar-refractivity contribution >= 4 is 15.9 Å². The highest BCUT2D eigenvalue weighted by Crippen LogP contribution is 2.24. The van der Waals surface area contributed by atoms with Gasteiger partial charge in [0.1, 0.15) is 0 Å². The van der Waals surface area contributed by atoms with Gasteiger partial charge in [0, 0.05) is 32.3 Å². The Hall–Kier alpha value is -0.860. The van der Waals surface area contributed by atoms with E-state index < -0.39 is 20.9 Å². The molecule has 0 radical (unpaired) electrons. The molecule has 0 aromatic rings. The Morgan fingerprint density at radius 3 is 2.59 bits per heavy atom. The Morgan fingerprint density at radius 2 is 2.00 bits per heavy atom. The number of nitrogens with one attached hydrogen (secondary N) is 1. The number of amides is 2. The number of ether oxygens (including phenoxy) is 2. The van der Waals surface area contributed by atoms with Gasteiger partial charge in [0.05, 0.1) is 18.5 Å². The lowest BCUT2D eigenvalue weighted by atomic mass is 10.1. The fourth-order valence-corrected chi connectivity index (χ4v) is 3.83. The van der Waals surface area contributed by atoms with Crippen molar-refractivity contribution < 1.29 is 22.7 Å². The molecule has 22 heavy (non-hydrogen) atoms. The van der Waals surface area contributed by atoms with E-state index in [-0.39, 0.29) is 6.03 Å². The number of unbranched alkanes of at least 4 members (excludes halogenated alkanes) is 1. The van der Waals surface area contributed by atoms with Gasteiger partial charge in [-0.2, -0.15) is 0 Å². The number of likely N-dealkylation sites (tertiary alicyclic amines) is 1. The molecule has 0 saturated carbocycles. The average molecular weight is 334 g/mol. The van der Waals surface area contributed by atoms with Gasteiger partial charge in [-0.3, -0.25) is 0 Å². The van der Waals surface area contributed by atoms with E-state index in [1.807, 2.05) is 6.92 Å². The summed E-state index contributed by atoms with van der Waals surface area (Å²) in [4.78, 5) is 13.6. The SMILES string of the molecule is CC1(CCCCNC(=O)N2CC[C@H](S(C)(=O)=O)C2)OCCO1. The molecule has 0 bridgehead atoms. The summed E-state index contributed by atoms with van der Waals surface area (Å²) in [5.41, 5.74) is 0. The average Bonchev–Trinajstić information content (AvgIpc) is 3.06. The predicted octanol–water partition coefficient (Wildman–Crippen LogP) is 0.748. The minimum Gasteiger partial charge on any atom is -0.348 e. The summed E-state index contributed by atoms with van der Waals surface area (Å²) in [6.07, 6.45) is 4.31. The van der Waals surface area contributed by atoms with Crippen LogP contribution in [0, 0.1) is 0 Å². The summed E-state index contributed by atoms with van der Waals surface area (Å²) in [5, 5.41) is 2.42. The Kier molecular flexibility index (Phi) is 5.68. The molecule has 2 heterocycles. The normalized spacial score (nSPS) is 24.6. The monoisotopic (exact) mass is 334 g/mol. The maximum Gasteiger partial charge on any atom is 0.317 e. The molecule has 2 fully saturated rings. The first kappa shape index (κ1) is 17.5. The van der Waals surface area contributed by atoms with Crippen LogP contribution in [0.25, 0.3) is 0 Å². The maximum absolute atomic E-state index is 12.0. The zero-order valence-electron chi connectivity index (χ0n) is 13.3. The quantitative estimate of drug-likeness (QED) is 0.725. The Morgan fingerprint density at radius 1 is 1.32 bits per heavy atom. The van der Waals surface area contributed by atoms with Crippen LogP contribution >= 0.6 is 0 Å². The maximum atomic E-state index is 12.0. The summed E-state index contributed by atoms with van der Waals surface area (Å²) in [6.45, 7) is 4.60. The third kappa shape index (κ3) is 4.82. The van der Waals surface area contributed by atoms with Crippen LogP contribution in [0.15, 0.2) is 0 Å². The second-order valence-electron chi connectivity index (χ2n) is 6.21. The fraction of sp³-hybridized carbons (Fsp3) is 0.929. The van der Waals surface area contributed by atoms with Crippen LogP contribution in [0.4, 0.5) is 4.79 Å². The first-order valence-corrected chi connectivity index (χ1v) is 9.75. The minimum absolute atomic E-state index is 0.175. The van der Waals surface area contributed by atoms with E-state index in [0.29, 0.717) is 39.3 Å². The molecule has 0 aromatic carbocycles. The summed E-state index contributed by atoms with van der Waals surface area (Å²) in [7, 11) is -3.06. The van der Waals surface area contributed by atoms with Gasteiger partial charge in [0.25, 0.3) is 0 Å². The van der Waals surface area contributed by atoms with Crippen molar-refractivity contribution in [2.75, 3.05) is 39.1 Å². The summed E-state index contributed by atoms with van der Waals surface area (Å²) in [5.74, 6) is -0.471. The topological polar surface area (TPSA) is 84.9 Å². The molecule has 0 unspecified atom stereocenters. The Balaban J connectivity index is 1.60. The van der Waals surface area contributed by atoms with E-state index in [9.17, 15) is 13.2 Å².